The van der Waals surface area contributed by atoms with Crippen LogP contribution in [-0.2, 0) is 49.9 Å². The molecule has 18 heteroatoms. The number of benzene rings is 1. The number of thioether (sulfide) groups is 2. The number of amides is 7. The first-order chi connectivity index (χ1) is 27.8. The van der Waals surface area contributed by atoms with Gasteiger partial charge in [0.15, 0.2) is 0 Å². The fraction of sp³-hybridized carbons (Fsp3) is 0.634. The lowest BCUT2D eigenvalue weighted by Crippen LogP contribution is -2.59. The van der Waals surface area contributed by atoms with Gasteiger partial charge >= 0.3 is 5.97 Å². The number of carbonyl (C=O) groups excluding carboxylic acids is 7. The molecule has 8 N–H and O–H groups in total. The van der Waals surface area contributed by atoms with Crippen LogP contribution in [-0.4, -0.2) is 100 Å². The normalized spacial score (nSPS) is 22.8. The Hall–Kier alpha value is -4.45. The summed E-state index contributed by atoms with van der Waals surface area (Å²) in [7, 11) is 0. The van der Waals surface area contributed by atoms with Crippen LogP contribution in [0.2, 0.25) is 0 Å². The number of nitrogens with one attached hydrogen (secondary N) is 5. The van der Waals surface area contributed by atoms with Crippen molar-refractivity contribution in [3.05, 3.63) is 35.4 Å². The number of aliphatic carboxylic acids is 1. The van der Waals surface area contributed by atoms with Crippen molar-refractivity contribution < 1.29 is 43.5 Å². The van der Waals surface area contributed by atoms with Gasteiger partial charge in [-0.1, -0.05) is 72.2 Å². The van der Waals surface area contributed by atoms with Gasteiger partial charge in [-0.3, -0.25) is 38.4 Å². The summed E-state index contributed by atoms with van der Waals surface area (Å²) in [5, 5.41) is 22.5. The third-order valence-electron chi connectivity index (χ3n) is 9.51. The van der Waals surface area contributed by atoms with Crippen molar-refractivity contribution in [2.45, 2.75) is 129 Å². The van der Waals surface area contributed by atoms with Crippen molar-refractivity contribution in [1.82, 2.24) is 26.6 Å². The number of nitrogens with two attached hydrogens (primary N) is 1. The summed E-state index contributed by atoms with van der Waals surface area (Å²) in [6.45, 7) is 12.6. The summed E-state index contributed by atoms with van der Waals surface area (Å²) in [6.07, 6.45) is 2.04. The molecule has 0 aromatic heterocycles. The van der Waals surface area contributed by atoms with Crippen LogP contribution >= 0.6 is 23.5 Å². The smallest absolute Gasteiger partial charge is 0.303 e. The quantitative estimate of drug-likeness (QED) is 0.134. The minimum Gasteiger partial charge on any atom is -0.481 e. The number of fused-ring (bicyclic) bond motifs is 2. The molecule has 59 heavy (non-hydrogen) atoms. The molecular weight excluding hydrogens is 799 g/mol. The first-order valence-corrected chi connectivity index (χ1v) is 22.4. The van der Waals surface area contributed by atoms with Crippen LogP contribution in [0, 0.1) is 23.7 Å². The van der Waals surface area contributed by atoms with Crippen molar-refractivity contribution in [3.8, 4) is 0 Å². The Kier molecular flexibility index (Phi) is 22.3. The lowest BCUT2D eigenvalue weighted by Gasteiger charge is -2.29. The molecule has 1 aromatic carbocycles. The Morgan fingerprint density at radius 2 is 1.53 bits per heavy atom. The van der Waals surface area contributed by atoms with Crippen LogP contribution in [0.1, 0.15) is 98.1 Å². The molecule has 328 valence electrons. The SMILES string of the molecule is CC[C@H](C)[C@@H]1NC(=O)[C@H](CC(C)C)NC(=O)[C@H](C)NC(=O)C(C=NC(=O)[C@H](CC(C)C)NC(=O)CCCC(=O)O)CSCc2cccc(c2)CSCC(C(N)=O)NC1=O. The summed E-state index contributed by atoms with van der Waals surface area (Å²) in [6, 6.07) is 2.49. The average Bonchev–Trinajstić information content (AvgIpc) is 3.15. The summed E-state index contributed by atoms with van der Waals surface area (Å²) in [5.41, 5.74) is 7.60. The van der Waals surface area contributed by atoms with E-state index in [2.05, 4.69) is 31.6 Å². The first-order valence-electron chi connectivity index (χ1n) is 20.1. The van der Waals surface area contributed by atoms with Crippen LogP contribution in [0.25, 0.3) is 0 Å². The molecule has 1 heterocycles. The van der Waals surface area contributed by atoms with Crippen molar-refractivity contribution >= 4 is 77.1 Å². The number of aliphatic imine (C=N–C) groups is 1. The molecule has 2 unspecified atom stereocenters. The maximum absolute atomic E-state index is 13.8. The molecule has 1 aliphatic rings. The minimum absolute atomic E-state index is 0.00579. The van der Waals surface area contributed by atoms with E-state index in [1.807, 2.05) is 58.9 Å². The van der Waals surface area contributed by atoms with E-state index in [1.54, 1.807) is 6.92 Å². The standard InChI is InChI=1S/C41H63N7O9S2/c1-8-25(6)35-41(57)47-32(36(42)52)22-59-20-28-12-9-11-27(17-28)19-58-21-29(38(54)44-26(7)37(53)46-31(16-24(4)5)40(56)48-35)18-43-39(55)30(15-23(2)3)45-33(49)13-10-14-34(50)51/h9,11-12,17-18,23-26,29-32,35H,8,10,13-16,19-22H2,1-7H3,(H2,42,52)(H,44,54)(H,45,49)(H,46,53)(H,47,57)(H,48,56)(H,50,51)/t25-,26-,29?,30-,31-,32?,35-/m0/s1. The zero-order valence-electron chi connectivity index (χ0n) is 35.2. The lowest BCUT2D eigenvalue weighted by atomic mass is 9.96. The van der Waals surface area contributed by atoms with Gasteiger partial charge in [-0.2, -0.15) is 23.5 Å². The van der Waals surface area contributed by atoms with E-state index in [-0.39, 0.29) is 61.4 Å². The fourth-order valence-corrected chi connectivity index (χ4v) is 8.05. The minimum atomic E-state index is -1.13. The van der Waals surface area contributed by atoms with Gasteiger partial charge in [-0.15, -0.1) is 0 Å². The van der Waals surface area contributed by atoms with E-state index >= 15 is 0 Å². The van der Waals surface area contributed by atoms with Crippen LogP contribution in [0.5, 0.6) is 0 Å². The van der Waals surface area contributed by atoms with E-state index in [4.69, 9.17) is 10.8 Å². The predicted molar refractivity (Wildman–Crippen MR) is 230 cm³/mol. The molecule has 0 aliphatic carbocycles. The van der Waals surface area contributed by atoms with Crippen molar-refractivity contribution in [3.63, 3.8) is 0 Å². The number of hydrogen-bond acceptors (Lipinski definition) is 10. The van der Waals surface area contributed by atoms with Gasteiger partial charge in [0.05, 0.1) is 5.92 Å². The maximum Gasteiger partial charge on any atom is 0.303 e. The van der Waals surface area contributed by atoms with Gasteiger partial charge in [0, 0.05) is 42.1 Å². The number of primary amides is 1. The number of carboxylic acid groups (broad SMARTS) is 1. The van der Waals surface area contributed by atoms with Crippen molar-refractivity contribution in [2.24, 2.45) is 34.4 Å². The van der Waals surface area contributed by atoms with Crippen LogP contribution in [0.4, 0.5) is 0 Å². The summed E-state index contributed by atoms with van der Waals surface area (Å²) in [4.78, 5) is 108. The molecular formula is C41H63N7O9S2. The molecule has 7 atom stereocenters. The second-order valence-corrected chi connectivity index (χ2v) is 17.9. The Morgan fingerprint density at radius 3 is 2.10 bits per heavy atom. The second kappa shape index (κ2) is 25.9. The number of rotatable bonds is 14. The van der Waals surface area contributed by atoms with Gasteiger partial charge in [0.2, 0.25) is 35.4 Å². The highest BCUT2D eigenvalue weighted by Gasteiger charge is 2.33. The molecule has 0 fully saturated rings. The Labute approximate surface area is 356 Å². The number of nitrogens with zero attached hydrogens (tertiary/aromatic N) is 1. The van der Waals surface area contributed by atoms with Crippen molar-refractivity contribution in [1.29, 1.82) is 0 Å². The molecule has 0 spiro atoms. The highest BCUT2D eigenvalue weighted by atomic mass is 32.2. The van der Waals surface area contributed by atoms with E-state index in [0.29, 0.717) is 17.9 Å². The van der Waals surface area contributed by atoms with E-state index < -0.39 is 83.4 Å². The number of carboxylic acids is 1. The predicted octanol–water partition coefficient (Wildman–Crippen LogP) is 2.70. The molecule has 0 saturated carbocycles. The highest BCUT2D eigenvalue weighted by molar-refractivity contribution is 7.98. The molecule has 16 nitrogen and oxygen atoms in total. The Balaban J connectivity index is 2.47. The van der Waals surface area contributed by atoms with Crippen LogP contribution < -0.4 is 32.3 Å². The Bertz CT molecular complexity index is 1660. The summed E-state index contributed by atoms with van der Waals surface area (Å²) >= 11 is 2.81. The third-order valence-corrected chi connectivity index (χ3v) is 11.7. The van der Waals surface area contributed by atoms with E-state index in [9.17, 15) is 38.4 Å². The topological polar surface area (TPSA) is 255 Å². The monoisotopic (exact) mass is 861 g/mol. The fourth-order valence-electron chi connectivity index (χ4n) is 6.00. The van der Waals surface area contributed by atoms with Gasteiger partial charge in [0.1, 0.15) is 30.2 Å². The van der Waals surface area contributed by atoms with Crippen LogP contribution in [0.3, 0.4) is 0 Å². The summed E-state index contributed by atoms with van der Waals surface area (Å²) < 4.78 is 0. The summed E-state index contributed by atoms with van der Waals surface area (Å²) in [5.74, 6) is -5.39. The molecule has 2 bridgehead atoms. The van der Waals surface area contributed by atoms with Gasteiger partial charge in [-0.05, 0) is 55.1 Å². The lowest BCUT2D eigenvalue weighted by molar-refractivity contribution is -0.137. The molecule has 0 radical (unpaired) electrons. The third kappa shape index (κ3) is 19.0. The zero-order chi connectivity index (χ0) is 44.2. The zero-order valence-corrected chi connectivity index (χ0v) is 36.8. The number of carbonyl (C=O) groups is 8. The van der Waals surface area contributed by atoms with E-state index in [1.165, 1.54) is 36.7 Å². The highest BCUT2D eigenvalue weighted by Crippen LogP contribution is 2.21. The van der Waals surface area contributed by atoms with E-state index in [0.717, 1.165) is 11.1 Å². The number of hydrogen-bond donors (Lipinski definition) is 7. The van der Waals surface area contributed by atoms with Gasteiger partial charge in [-0.25, -0.2) is 4.99 Å². The second-order valence-electron chi connectivity index (χ2n) is 15.8. The molecule has 7 amide bonds. The average molecular weight is 862 g/mol. The molecule has 1 aliphatic heterocycles. The van der Waals surface area contributed by atoms with Crippen molar-refractivity contribution in [2.75, 3.05) is 11.5 Å². The molecule has 1 aromatic rings. The molecule has 0 saturated heterocycles. The largest absolute Gasteiger partial charge is 0.481 e. The first kappa shape index (κ1) is 50.7. The Morgan fingerprint density at radius 1 is 0.881 bits per heavy atom. The maximum atomic E-state index is 13.8. The van der Waals surface area contributed by atoms with Gasteiger partial charge in [0.25, 0.3) is 5.91 Å². The molecule has 2 rings (SSSR count). The van der Waals surface area contributed by atoms with Crippen LogP contribution in [0.15, 0.2) is 29.3 Å². The van der Waals surface area contributed by atoms with Gasteiger partial charge < -0.3 is 37.4 Å².